The summed E-state index contributed by atoms with van der Waals surface area (Å²) >= 11 is 0. The van der Waals surface area contributed by atoms with Crippen LogP contribution in [0.15, 0.2) is 18.2 Å². The van der Waals surface area contributed by atoms with E-state index in [0.29, 0.717) is 11.5 Å². The predicted molar refractivity (Wildman–Crippen MR) is 69.4 cm³/mol. The Morgan fingerprint density at radius 1 is 1.22 bits per heavy atom. The molecule has 1 unspecified atom stereocenters. The minimum Gasteiger partial charge on any atom is -0.310 e. The first-order chi connectivity index (χ1) is 8.68. The Bertz CT molecular complexity index is 386. The highest BCUT2D eigenvalue weighted by Crippen LogP contribution is 2.24. The second kappa shape index (κ2) is 6.28. The summed E-state index contributed by atoms with van der Waals surface area (Å²) in [5.74, 6) is -0.794. The molecule has 0 radical (unpaired) electrons. The number of hydrogen-bond acceptors (Lipinski definition) is 1. The van der Waals surface area contributed by atoms with Crippen molar-refractivity contribution in [1.82, 2.24) is 5.32 Å². The summed E-state index contributed by atoms with van der Waals surface area (Å²) in [7, 11) is 0. The van der Waals surface area contributed by atoms with E-state index in [1.165, 1.54) is 32.1 Å². The van der Waals surface area contributed by atoms with Crippen LogP contribution in [0, 0.1) is 17.6 Å². The van der Waals surface area contributed by atoms with Crippen molar-refractivity contribution in [2.75, 3.05) is 6.54 Å². The zero-order valence-corrected chi connectivity index (χ0v) is 10.9. The molecular formula is C15H21F2N. The third-order valence-electron chi connectivity index (χ3n) is 3.89. The largest absolute Gasteiger partial charge is 0.310 e. The maximum absolute atomic E-state index is 13.6. The number of benzene rings is 1. The molecule has 0 heterocycles. The van der Waals surface area contributed by atoms with Crippen molar-refractivity contribution in [2.45, 2.75) is 45.1 Å². The molecule has 3 heteroatoms. The quantitative estimate of drug-likeness (QED) is 0.848. The van der Waals surface area contributed by atoms with Gasteiger partial charge in [-0.3, -0.25) is 0 Å². The predicted octanol–water partition coefficient (Wildman–Crippen LogP) is 4.20. The van der Waals surface area contributed by atoms with Crippen molar-refractivity contribution in [3.63, 3.8) is 0 Å². The highest BCUT2D eigenvalue weighted by molar-refractivity contribution is 5.21. The molecule has 1 aliphatic rings. The van der Waals surface area contributed by atoms with E-state index in [9.17, 15) is 8.78 Å². The first kappa shape index (κ1) is 13.5. The van der Waals surface area contributed by atoms with E-state index in [-0.39, 0.29) is 6.04 Å². The van der Waals surface area contributed by atoms with Crippen LogP contribution in [-0.2, 0) is 0 Å². The molecule has 100 valence electrons. The molecule has 1 N–H and O–H groups in total. The van der Waals surface area contributed by atoms with Gasteiger partial charge >= 0.3 is 0 Å². The normalized spacial score (nSPS) is 18.8. The molecule has 0 bridgehead atoms. The molecular weight excluding hydrogens is 232 g/mol. The topological polar surface area (TPSA) is 12.0 Å². The third-order valence-corrected chi connectivity index (χ3v) is 3.89. The Morgan fingerprint density at radius 2 is 1.94 bits per heavy atom. The van der Waals surface area contributed by atoms with Gasteiger partial charge in [-0.1, -0.05) is 31.4 Å². The van der Waals surface area contributed by atoms with E-state index in [1.807, 2.05) is 6.92 Å². The fourth-order valence-electron chi connectivity index (χ4n) is 2.70. The maximum Gasteiger partial charge on any atom is 0.163 e. The standard InChI is InChI=1S/C15H21F2N/c1-11(13-8-5-9-14(16)15(13)17)18-10-12-6-3-2-4-7-12/h5,8-9,11-12,18H,2-4,6-7,10H2,1H3. The van der Waals surface area contributed by atoms with Crippen LogP contribution in [0.4, 0.5) is 8.78 Å². The first-order valence-electron chi connectivity index (χ1n) is 6.85. The highest BCUT2D eigenvalue weighted by Gasteiger charge is 2.17. The third kappa shape index (κ3) is 3.29. The SMILES string of the molecule is CC(NCC1CCCCC1)c1cccc(F)c1F. The Kier molecular flexibility index (Phi) is 4.70. The van der Waals surface area contributed by atoms with Crippen molar-refractivity contribution >= 4 is 0 Å². The molecule has 0 saturated heterocycles. The lowest BCUT2D eigenvalue weighted by molar-refractivity contribution is 0.329. The molecule has 1 aliphatic carbocycles. The maximum atomic E-state index is 13.6. The van der Waals surface area contributed by atoms with E-state index in [1.54, 1.807) is 12.1 Å². The zero-order valence-electron chi connectivity index (χ0n) is 10.9. The molecule has 0 aromatic heterocycles. The van der Waals surface area contributed by atoms with Gasteiger partial charge in [0.15, 0.2) is 11.6 Å². The molecule has 0 aliphatic heterocycles. The lowest BCUT2D eigenvalue weighted by Crippen LogP contribution is -2.27. The van der Waals surface area contributed by atoms with E-state index < -0.39 is 11.6 Å². The van der Waals surface area contributed by atoms with Crippen molar-refractivity contribution in [2.24, 2.45) is 5.92 Å². The number of rotatable bonds is 4. The lowest BCUT2D eigenvalue weighted by Gasteiger charge is -2.24. The minimum atomic E-state index is -0.765. The molecule has 1 saturated carbocycles. The smallest absolute Gasteiger partial charge is 0.163 e. The van der Waals surface area contributed by atoms with Crippen molar-refractivity contribution < 1.29 is 8.78 Å². The Hall–Kier alpha value is -0.960. The Labute approximate surface area is 108 Å². The molecule has 2 rings (SSSR count). The fourth-order valence-corrected chi connectivity index (χ4v) is 2.70. The van der Waals surface area contributed by atoms with Crippen LogP contribution < -0.4 is 5.32 Å². The van der Waals surface area contributed by atoms with Crippen LogP contribution in [0.5, 0.6) is 0 Å². The molecule has 1 nitrogen and oxygen atoms in total. The molecule has 0 spiro atoms. The van der Waals surface area contributed by atoms with Gasteiger partial charge in [-0.15, -0.1) is 0 Å². The second-order valence-corrected chi connectivity index (χ2v) is 5.28. The van der Waals surface area contributed by atoms with Gasteiger partial charge in [0.2, 0.25) is 0 Å². The van der Waals surface area contributed by atoms with Gasteiger partial charge in [-0.2, -0.15) is 0 Å². The summed E-state index contributed by atoms with van der Waals surface area (Å²) in [6, 6.07) is 4.23. The van der Waals surface area contributed by atoms with Crippen LogP contribution in [0.2, 0.25) is 0 Å². The molecule has 0 amide bonds. The van der Waals surface area contributed by atoms with Gasteiger partial charge < -0.3 is 5.32 Å². The first-order valence-corrected chi connectivity index (χ1v) is 6.85. The average molecular weight is 253 g/mol. The summed E-state index contributed by atoms with van der Waals surface area (Å²) in [5.41, 5.74) is 0.422. The minimum absolute atomic E-state index is 0.136. The average Bonchev–Trinajstić information content (AvgIpc) is 2.40. The number of hydrogen-bond donors (Lipinski definition) is 1. The van der Waals surface area contributed by atoms with E-state index in [0.717, 1.165) is 12.6 Å². The van der Waals surface area contributed by atoms with Crippen molar-refractivity contribution in [3.05, 3.63) is 35.4 Å². The van der Waals surface area contributed by atoms with Gasteiger partial charge in [-0.25, -0.2) is 8.78 Å². The Morgan fingerprint density at radius 3 is 2.67 bits per heavy atom. The highest BCUT2D eigenvalue weighted by atomic mass is 19.2. The summed E-state index contributed by atoms with van der Waals surface area (Å²) in [6.45, 7) is 2.79. The van der Waals surface area contributed by atoms with Crippen LogP contribution in [0.25, 0.3) is 0 Å². The summed E-state index contributed by atoms with van der Waals surface area (Å²) in [6.07, 6.45) is 6.45. The van der Waals surface area contributed by atoms with Crippen molar-refractivity contribution in [3.8, 4) is 0 Å². The van der Waals surface area contributed by atoms with Gasteiger partial charge in [0.25, 0.3) is 0 Å². The summed E-state index contributed by atoms with van der Waals surface area (Å²) in [4.78, 5) is 0. The van der Waals surface area contributed by atoms with Crippen LogP contribution >= 0.6 is 0 Å². The molecule has 1 atom stereocenters. The fraction of sp³-hybridized carbons (Fsp3) is 0.600. The van der Waals surface area contributed by atoms with Crippen molar-refractivity contribution in [1.29, 1.82) is 0 Å². The molecule has 1 aromatic rings. The van der Waals surface area contributed by atoms with Gasteiger partial charge in [0.05, 0.1) is 0 Å². The van der Waals surface area contributed by atoms with E-state index in [2.05, 4.69) is 5.32 Å². The van der Waals surface area contributed by atoms with Gasteiger partial charge in [0, 0.05) is 11.6 Å². The van der Waals surface area contributed by atoms with Gasteiger partial charge in [0.1, 0.15) is 0 Å². The van der Waals surface area contributed by atoms with E-state index in [4.69, 9.17) is 0 Å². The second-order valence-electron chi connectivity index (χ2n) is 5.28. The molecule has 1 fully saturated rings. The molecule has 18 heavy (non-hydrogen) atoms. The van der Waals surface area contributed by atoms with Crippen LogP contribution in [0.1, 0.15) is 50.6 Å². The zero-order chi connectivity index (χ0) is 13.0. The monoisotopic (exact) mass is 253 g/mol. The van der Waals surface area contributed by atoms with E-state index >= 15 is 0 Å². The lowest BCUT2D eigenvalue weighted by atomic mass is 9.89. The number of halogens is 2. The molecule has 1 aromatic carbocycles. The summed E-state index contributed by atoms with van der Waals surface area (Å²) < 4.78 is 26.7. The van der Waals surface area contributed by atoms with Crippen LogP contribution in [0.3, 0.4) is 0 Å². The Balaban J connectivity index is 1.90. The van der Waals surface area contributed by atoms with Crippen LogP contribution in [-0.4, -0.2) is 6.54 Å². The number of nitrogens with one attached hydrogen (secondary N) is 1. The summed E-state index contributed by atoms with van der Waals surface area (Å²) in [5, 5.41) is 3.33. The van der Waals surface area contributed by atoms with Gasteiger partial charge in [-0.05, 0) is 38.3 Å².